The van der Waals surface area contributed by atoms with E-state index < -0.39 is 10.7 Å². The molecule has 0 aliphatic rings. The number of carbonyl (C=O) groups excluding carboxylic acids is 1. The van der Waals surface area contributed by atoms with E-state index in [0.29, 0.717) is 17.4 Å². The summed E-state index contributed by atoms with van der Waals surface area (Å²) in [6, 6.07) is 14.5. The first-order valence-corrected chi connectivity index (χ1v) is 8.52. The summed E-state index contributed by atoms with van der Waals surface area (Å²) >= 11 is 0. The number of ether oxygens (including phenoxy) is 2. The molecule has 0 unspecified atom stereocenters. The van der Waals surface area contributed by atoms with Gasteiger partial charge in [-0.3, -0.25) is 14.9 Å². The van der Waals surface area contributed by atoms with Crippen molar-refractivity contribution in [1.82, 2.24) is 10.3 Å². The molecule has 1 amide bonds. The molecular formula is C20H16FN3O5. The number of hydrogen-bond donors (Lipinski definition) is 1. The van der Waals surface area contributed by atoms with Gasteiger partial charge in [0.2, 0.25) is 5.88 Å². The Kier molecular flexibility index (Phi) is 6.31. The summed E-state index contributed by atoms with van der Waals surface area (Å²) in [5, 5.41) is 13.3. The molecule has 3 rings (SSSR count). The maximum Gasteiger partial charge on any atom is 0.269 e. The van der Waals surface area contributed by atoms with Gasteiger partial charge in [0.15, 0.2) is 6.61 Å². The number of pyridine rings is 1. The van der Waals surface area contributed by atoms with Crippen LogP contribution in [-0.4, -0.2) is 22.4 Å². The smallest absolute Gasteiger partial charge is 0.269 e. The van der Waals surface area contributed by atoms with Crippen molar-refractivity contribution in [3.8, 4) is 17.4 Å². The summed E-state index contributed by atoms with van der Waals surface area (Å²) in [7, 11) is 0. The lowest BCUT2D eigenvalue weighted by atomic mass is 10.3. The van der Waals surface area contributed by atoms with Crippen LogP contribution in [0.4, 0.5) is 10.1 Å². The molecule has 0 fully saturated rings. The minimum atomic E-state index is -0.515. The molecule has 0 atom stereocenters. The number of nitrogens with one attached hydrogen (secondary N) is 1. The SMILES string of the molecule is O=C(COc1ccc([N+](=O)[O-])cc1)NCc1ccc(Oc2cccc(F)c2)nc1. The number of amides is 1. The van der Waals surface area contributed by atoms with Gasteiger partial charge >= 0.3 is 0 Å². The quantitative estimate of drug-likeness (QED) is 0.460. The van der Waals surface area contributed by atoms with Crippen molar-refractivity contribution >= 4 is 11.6 Å². The molecule has 0 aliphatic heterocycles. The number of hydrogen-bond acceptors (Lipinski definition) is 6. The van der Waals surface area contributed by atoms with Crippen LogP contribution in [0, 0.1) is 15.9 Å². The van der Waals surface area contributed by atoms with Crippen molar-refractivity contribution in [1.29, 1.82) is 0 Å². The highest BCUT2D eigenvalue weighted by Crippen LogP contribution is 2.20. The first-order chi connectivity index (χ1) is 14.0. The highest BCUT2D eigenvalue weighted by molar-refractivity contribution is 5.77. The summed E-state index contributed by atoms with van der Waals surface area (Å²) in [6.07, 6.45) is 1.53. The molecule has 0 aliphatic carbocycles. The molecule has 8 nitrogen and oxygen atoms in total. The second kappa shape index (κ2) is 9.27. The van der Waals surface area contributed by atoms with E-state index in [4.69, 9.17) is 9.47 Å². The molecule has 0 saturated carbocycles. The highest BCUT2D eigenvalue weighted by atomic mass is 19.1. The van der Waals surface area contributed by atoms with E-state index in [0.717, 1.165) is 5.56 Å². The van der Waals surface area contributed by atoms with Gasteiger partial charge in [0, 0.05) is 37.0 Å². The van der Waals surface area contributed by atoms with Crippen LogP contribution in [0.3, 0.4) is 0 Å². The Morgan fingerprint density at radius 1 is 1.10 bits per heavy atom. The molecule has 2 aromatic carbocycles. The molecule has 0 radical (unpaired) electrons. The lowest BCUT2D eigenvalue weighted by Gasteiger charge is -2.08. The topological polar surface area (TPSA) is 104 Å². The predicted octanol–water partition coefficient (Wildman–Crippen LogP) is 3.62. The minimum absolute atomic E-state index is 0.0564. The van der Waals surface area contributed by atoms with Gasteiger partial charge in [-0.05, 0) is 29.8 Å². The lowest BCUT2D eigenvalue weighted by molar-refractivity contribution is -0.384. The van der Waals surface area contributed by atoms with Gasteiger partial charge in [0.05, 0.1) is 4.92 Å². The Bertz CT molecular complexity index is 994. The standard InChI is InChI=1S/C20H16FN3O5/c21-15-2-1-3-18(10-15)29-20-9-4-14(12-23-20)11-22-19(25)13-28-17-7-5-16(6-8-17)24(26)27/h1-10,12H,11,13H2,(H,22,25). The third kappa shape index (κ3) is 5.99. The Morgan fingerprint density at radius 3 is 2.55 bits per heavy atom. The van der Waals surface area contributed by atoms with E-state index in [9.17, 15) is 19.3 Å². The van der Waals surface area contributed by atoms with Crippen LogP contribution in [0.5, 0.6) is 17.4 Å². The van der Waals surface area contributed by atoms with Gasteiger partial charge in [0.1, 0.15) is 17.3 Å². The first kappa shape index (κ1) is 19.7. The van der Waals surface area contributed by atoms with Crippen molar-refractivity contribution in [3.63, 3.8) is 0 Å². The van der Waals surface area contributed by atoms with Crippen molar-refractivity contribution < 1.29 is 23.6 Å². The number of rotatable bonds is 8. The van der Waals surface area contributed by atoms with Crippen LogP contribution in [0.15, 0.2) is 66.9 Å². The second-order valence-electron chi connectivity index (χ2n) is 5.88. The molecule has 0 saturated heterocycles. The number of benzene rings is 2. The van der Waals surface area contributed by atoms with E-state index in [1.54, 1.807) is 18.2 Å². The third-order valence-corrected chi connectivity index (χ3v) is 3.72. The number of halogens is 1. The first-order valence-electron chi connectivity index (χ1n) is 8.52. The van der Waals surface area contributed by atoms with Crippen molar-refractivity contribution in [2.75, 3.05) is 6.61 Å². The number of nitro groups is 1. The third-order valence-electron chi connectivity index (χ3n) is 3.72. The fourth-order valence-electron chi connectivity index (χ4n) is 2.29. The molecule has 148 valence electrons. The lowest BCUT2D eigenvalue weighted by Crippen LogP contribution is -2.28. The fourth-order valence-corrected chi connectivity index (χ4v) is 2.29. The summed E-state index contributed by atoms with van der Waals surface area (Å²) in [5.74, 6) is 0.224. The summed E-state index contributed by atoms with van der Waals surface area (Å²) in [6.45, 7) is 0.00169. The van der Waals surface area contributed by atoms with Gasteiger partial charge < -0.3 is 14.8 Å². The van der Waals surface area contributed by atoms with Crippen molar-refractivity contribution in [2.24, 2.45) is 0 Å². The van der Waals surface area contributed by atoms with Crippen LogP contribution in [0.25, 0.3) is 0 Å². The molecule has 1 aromatic heterocycles. The maximum absolute atomic E-state index is 13.2. The summed E-state index contributed by atoms with van der Waals surface area (Å²) < 4.78 is 23.9. The van der Waals surface area contributed by atoms with Gasteiger partial charge in [0.25, 0.3) is 11.6 Å². The molecular weight excluding hydrogens is 381 g/mol. The number of aromatic nitrogens is 1. The maximum atomic E-state index is 13.2. The highest BCUT2D eigenvalue weighted by Gasteiger charge is 2.07. The van der Waals surface area contributed by atoms with E-state index in [1.165, 1.54) is 48.7 Å². The number of carbonyl (C=O) groups is 1. The predicted molar refractivity (Wildman–Crippen MR) is 101 cm³/mol. The molecule has 9 heteroatoms. The molecule has 0 spiro atoms. The monoisotopic (exact) mass is 397 g/mol. The van der Waals surface area contributed by atoms with Gasteiger partial charge in [-0.15, -0.1) is 0 Å². The van der Waals surface area contributed by atoms with E-state index in [1.807, 2.05) is 0 Å². The normalized spacial score (nSPS) is 10.2. The van der Waals surface area contributed by atoms with Gasteiger partial charge in [-0.2, -0.15) is 0 Å². The molecule has 3 aromatic rings. The molecule has 1 N–H and O–H groups in total. The Labute approximate surface area is 165 Å². The average molecular weight is 397 g/mol. The number of nitro benzene ring substituents is 1. The van der Waals surface area contributed by atoms with Crippen LogP contribution in [-0.2, 0) is 11.3 Å². The zero-order valence-electron chi connectivity index (χ0n) is 15.1. The van der Waals surface area contributed by atoms with E-state index in [-0.39, 0.29) is 24.7 Å². The van der Waals surface area contributed by atoms with Crippen LogP contribution >= 0.6 is 0 Å². The largest absolute Gasteiger partial charge is 0.484 e. The molecule has 0 bridgehead atoms. The van der Waals surface area contributed by atoms with Crippen LogP contribution in [0.1, 0.15) is 5.56 Å². The van der Waals surface area contributed by atoms with E-state index >= 15 is 0 Å². The minimum Gasteiger partial charge on any atom is -0.484 e. The summed E-state index contributed by atoms with van der Waals surface area (Å²) in [4.78, 5) is 26.1. The van der Waals surface area contributed by atoms with Crippen LogP contribution in [0.2, 0.25) is 0 Å². The molecule has 1 heterocycles. The number of non-ortho nitro benzene ring substituents is 1. The van der Waals surface area contributed by atoms with Crippen LogP contribution < -0.4 is 14.8 Å². The average Bonchev–Trinajstić information content (AvgIpc) is 2.72. The van der Waals surface area contributed by atoms with Gasteiger partial charge in [-0.1, -0.05) is 12.1 Å². The fraction of sp³-hybridized carbons (Fsp3) is 0.100. The Balaban J connectivity index is 1.44. The number of nitrogens with zero attached hydrogens (tertiary/aromatic N) is 2. The zero-order chi connectivity index (χ0) is 20.6. The Hall–Kier alpha value is -4.01. The molecule has 29 heavy (non-hydrogen) atoms. The van der Waals surface area contributed by atoms with Crippen molar-refractivity contribution in [2.45, 2.75) is 6.54 Å². The van der Waals surface area contributed by atoms with E-state index in [2.05, 4.69) is 10.3 Å². The van der Waals surface area contributed by atoms with Crippen molar-refractivity contribution in [3.05, 3.63) is 88.4 Å². The zero-order valence-corrected chi connectivity index (χ0v) is 15.1. The summed E-state index contributed by atoms with van der Waals surface area (Å²) in [5.41, 5.74) is 0.680. The van der Waals surface area contributed by atoms with Gasteiger partial charge in [-0.25, -0.2) is 9.37 Å². The second-order valence-corrected chi connectivity index (χ2v) is 5.88. The Morgan fingerprint density at radius 2 is 1.90 bits per heavy atom.